The number of ether oxygens (including phenoxy) is 2. The number of rotatable bonds is 8. The van der Waals surface area contributed by atoms with Gasteiger partial charge >= 0.3 is 0 Å². The molecular weight excluding hydrogens is 220 g/mol. The van der Waals surface area contributed by atoms with Crippen molar-refractivity contribution in [3.8, 4) is 11.5 Å². The van der Waals surface area contributed by atoms with Crippen molar-refractivity contribution in [1.29, 1.82) is 0 Å². The van der Waals surface area contributed by atoms with Crippen LogP contribution in [0.4, 0.5) is 0 Å². The van der Waals surface area contributed by atoms with Crippen molar-refractivity contribution < 1.29 is 19.7 Å². The lowest BCUT2D eigenvalue weighted by molar-refractivity contribution is 0.0536. The molecule has 1 aromatic carbocycles. The van der Waals surface area contributed by atoms with Crippen LogP contribution in [-0.4, -0.2) is 36.1 Å². The Morgan fingerprint density at radius 3 is 2.24 bits per heavy atom. The van der Waals surface area contributed by atoms with Crippen LogP contribution in [0, 0.1) is 0 Å². The van der Waals surface area contributed by atoms with Crippen molar-refractivity contribution in [3.05, 3.63) is 24.3 Å². The summed E-state index contributed by atoms with van der Waals surface area (Å²) in [4.78, 5) is 0. The highest BCUT2D eigenvalue weighted by Crippen LogP contribution is 2.17. The lowest BCUT2D eigenvalue weighted by atomic mass is 10.3. The number of unbranched alkanes of at least 4 members (excludes halogenated alkanes) is 1. The predicted octanol–water partition coefficient (Wildman–Crippen LogP) is 1.60. The molecular formula is C13H20O4. The first-order valence-electron chi connectivity index (χ1n) is 5.90. The van der Waals surface area contributed by atoms with Gasteiger partial charge in [-0.2, -0.15) is 0 Å². The molecule has 1 aromatic rings. The van der Waals surface area contributed by atoms with Crippen LogP contribution in [0.1, 0.15) is 19.8 Å². The Morgan fingerprint density at radius 2 is 1.71 bits per heavy atom. The molecule has 1 atom stereocenters. The van der Waals surface area contributed by atoms with E-state index in [9.17, 15) is 0 Å². The molecule has 1 rings (SSSR count). The molecule has 0 amide bonds. The van der Waals surface area contributed by atoms with Crippen LogP contribution in [0.3, 0.4) is 0 Å². The van der Waals surface area contributed by atoms with E-state index >= 15 is 0 Å². The first-order chi connectivity index (χ1) is 8.26. The number of aliphatic hydroxyl groups excluding tert-OH is 2. The summed E-state index contributed by atoms with van der Waals surface area (Å²) in [6.07, 6.45) is 1.32. The SMILES string of the molecule is CCCCOc1ccc(OCC(O)CO)cc1. The molecule has 0 radical (unpaired) electrons. The lowest BCUT2D eigenvalue weighted by Crippen LogP contribution is -2.21. The molecule has 0 saturated carbocycles. The maximum atomic E-state index is 9.12. The second kappa shape index (κ2) is 7.92. The van der Waals surface area contributed by atoms with Crippen molar-refractivity contribution in [1.82, 2.24) is 0 Å². The molecule has 0 saturated heterocycles. The summed E-state index contributed by atoms with van der Waals surface area (Å²) in [5, 5.41) is 17.7. The molecule has 2 N–H and O–H groups in total. The van der Waals surface area contributed by atoms with Gasteiger partial charge in [-0.1, -0.05) is 13.3 Å². The average molecular weight is 240 g/mol. The smallest absolute Gasteiger partial charge is 0.119 e. The molecule has 4 nitrogen and oxygen atoms in total. The van der Waals surface area contributed by atoms with Crippen LogP contribution < -0.4 is 9.47 Å². The minimum atomic E-state index is -0.838. The fourth-order valence-corrected chi connectivity index (χ4v) is 1.21. The minimum absolute atomic E-state index is 0.0898. The third-order valence-corrected chi connectivity index (χ3v) is 2.24. The van der Waals surface area contributed by atoms with Crippen LogP contribution in [0.25, 0.3) is 0 Å². The van der Waals surface area contributed by atoms with Crippen LogP contribution in [0.15, 0.2) is 24.3 Å². The molecule has 0 aliphatic rings. The summed E-state index contributed by atoms with van der Waals surface area (Å²) in [6.45, 7) is 2.64. The number of hydrogen-bond acceptors (Lipinski definition) is 4. The van der Waals surface area contributed by atoms with Gasteiger partial charge in [-0.25, -0.2) is 0 Å². The first kappa shape index (κ1) is 13.8. The maximum absolute atomic E-state index is 9.12. The fraction of sp³-hybridized carbons (Fsp3) is 0.538. The zero-order chi connectivity index (χ0) is 12.5. The van der Waals surface area contributed by atoms with Gasteiger partial charge in [-0.05, 0) is 30.7 Å². The van der Waals surface area contributed by atoms with Crippen LogP contribution in [0.2, 0.25) is 0 Å². The highest BCUT2D eigenvalue weighted by molar-refractivity contribution is 5.31. The summed E-state index contributed by atoms with van der Waals surface area (Å²) in [7, 11) is 0. The van der Waals surface area contributed by atoms with E-state index in [-0.39, 0.29) is 13.2 Å². The highest BCUT2D eigenvalue weighted by Gasteiger charge is 2.03. The van der Waals surface area contributed by atoms with Crippen molar-refractivity contribution in [2.75, 3.05) is 19.8 Å². The standard InChI is InChI=1S/C13H20O4/c1-2-3-8-16-12-4-6-13(7-5-12)17-10-11(15)9-14/h4-7,11,14-15H,2-3,8-10H2,1H3. The number of aliphatic hydroxyl groups is 2. The summed E-state index contributed by atoms with van der Waals surface area (Å²) < 4.78 is 10.8. The molecule has 96 valence electrons. The Hall–Kier alpha value is -1.26. The predicted molar refractivity (Wildman–Crippen MR) is 65.4 cm³/mol. The fourth-order valence-electron chi connectivity index (χ4n) is 1.21. The molecule has 1 unspecified atom stereocenters. The molecule has 0 fully saturated rings. The van der Waals surface area contributed by atoms with Crippen molar-refractivity contribution in [2.24, 2.45) is 0 Å². The second-order valence-electron chi connectivity index (χ2n) is 3.82. The monoisotopic (exact) mass is 240 g/mol. The normalized spacial score (nSPS) is 12.2. The van der Waals surface area contributed by atoms with E-state index in [2.05, 4.69) is 6.92 Å². The summed E-state index contributed by atoms with van der Waals surface area (Å²) >= 11 is 0. The third-order valence-electron chi connectivity index (χ3n) is 2.24. The van der Waals surface area contributed by atoms with E-state index in [1.54, 1.807) is 12.1 Å². The largest absolute Gasteiger partial charge is 0.494 e. The molecule has 0 aliphatic heterocycles. The molecule has 0 aromatic heterocycles. The maximum Gasteiger partial charge on any atom is 0.119 e. The van der Waals surface area contributed by atoms with Gasteiger partial charge in [0.25, 0.3) is 0 Å². The van der Waals surface area contributed by atoms with E-state index in [1.807, 2.05) is 12.1 Å². The van der Waals surface area contributed by atoms with Gasteiger partial charge in [0, 0.05) is 0 Å². The van der Waals surface area contributed by atoms with E-state index in [1.165, 1.54) is 0 Å². The Morgan fingerprint density at radius 1 is 1.12 bits per heavy atom. The number of hydrogen-bond donors (Lipinski definition) is 2. The van der Waals surface area contributed by atoms with Crippen LogP contribution in [0.5, 0.6) is 11.5 Å². The van der Waals surface area contributed by atoms with E-state index < -0.39 is 6.10 Å². The Labute approximate surface area is 102 Å². The minimum Gasteiger partial charge on any atom is -0.494 e. The van der Waals surface area contributed by atoms with Gasteiger partial charge in [0.05, 0.1) is 13.2 Å². The summed E-state index contributed by atoms with van der Waals surface area (Å²) in [6, 6.07) is 7.23. The summed E-state index contributed by atoms with van der Waals surface area (Å²) in [5.41, 5.74) is 0. The summed E-state index contributed by atoms with van der Waals surface area (Å²) in [5.74, 6) is 1.47. The van der Waals surface area contributed by atoms with Crippen molar-refractivity contribution >= 4 is 0 Å². The molecule has 17 heavy (non-hydrogen) atoms. The quantitative estimate of drug-likeness (QED) is 0.678. The molecule has 0 heterocycles. The van der Waals surface area contributed by atoms with E-state index in [0.29, 0.717) is 5.75 Å². The van der Waals surface area contributed by atoms with Crippen LogP contribution >= 0.6 is 0 Å². The highest BCUT2D eigenvalue weighted by atomic mass is 16.5. The Balaban J connectivity index is 2.34. The molecule has 0 aliphatic carbocycles. The molecule has 0 spiro atoms. The Bertz CT molecular complexity index is 297. The van der Waals surface area contributed by atoms with Crippen molar-refractivity contribution in [2.45, 2.75) is 25.9 Å². The van der Waals surface area contributed by atoms with Gasteiger partial charge in [-0.15, -0.1) is 0 Å². The van der Waals surface area contributed by atoms with Crippen molar-refractivity contribution in [3.63, 3.8) is 0 Å². The Kier molecular flexibility index (Phi) is 6.43. The van der Waals surface area contributed by atoms with Crippen LogP contribution in [-0.2, 0) is 0 Å². The van der Waals surface area contributed by atoms with Gasteiger partial charge < -0.3 is 19.7 Å². The first-order valence-corrected chi connectivity index (χ1v) is 5.90. The average Bonchev–Trinajstić information content (AvgIpc) is 2.37. The second-order valence-corrected chi connectivity index (χ2v) is 3.82. The van der Waals surface area contributed by atoms with Gasteiger partial charge in [0.15, 0.2) is 0 Å². The van der Waals surface area contributed by atoms with Gasteiger partial charge in [0.2, 0.25) is 0 Å². The van der Waals surface area contributed by atoms with E-state index in [4.69, 9.17) is 19.7 Å². The topological polar surface area (TPSA) is 58.9 Å². The van der Waals surface area contributed by atoms with Gasteiger partial charge in [0.1, 0.15) is 24.2 Å². The van der Waals surface area contributed by atoms with E-state index in [0.717, 1.165) is 25.2 Å². The zero-order valence-corrected chi connectivity index (χ0v) is 10.1. The zero-order valence-electron chi connectivity index (χ0n) is 10.1. The number of benzene rings is 1. The third kappa shape index (κ3) is 5.56. The van der Waals surface area contributed by atoms with Gasteiger partial charge in [-0.3, -0.25) is 0 Å². The molecule has 4 heteroatoms. The molecule has 0 bridgehead atoms. The lowest BCUT2D eigenvalue weighted by Gasteiger charge is -2.10.